The molecule has 0 spiro atoms. The highest BCUT2D eigenvalue weighted by Gasteiger charge is 2.02. The summed E-state index contributed by atoms with van der Waals surface area (Å²) in [6.45, 7) is 4.15. The second-order valence-corrected chi connectivity index (χ2v) is 3.49. The summed E-state index contributed by atoms with van der Waals surface area (Å²) in [5.74, 6) is -0.378. The van der Waals surface area contributed by atoms with Gasteiger partial charge in [0.05, 0.1) is 5.02 Å². The number of benzene rings is 1. The molecule has 13 heavy (non-hydrogen) atoms. The van der Waals surface area contributed by atoms with Crippen LogP contribution >= 0.6 is 11.6 Å². The number of anilines is 1. The first kappa shape index (κ1) is 10.3. The van der Waals surface area contributed by atoms with Crippen molar-refractivity contribution in [3.63, 3.8) is 0 Å². The van der Waals surface area contributed by atoms with E-state index in [1.807, 2.05) is 0 Å². The summed E-state index contributed by atoms with van der Waals surface area (Å²) < 4.78 is 12.8. The Labute approximate surface area is 82.9 Å². The number of hydrogen-bond donors (Lipinski definition) is 1. The second kappa shape index (κ2) is 4.47. The van der Waals surface area contributed by atoms with Crippen molar-refractivity contribution >= 4 is 17.3 Å². The molecule has 0 amide bonds. The van der Waals surface area contributed by atoms with Crippen molar-refractivity contribution in [2.24, 2.45) is 0 Å². The van der Waals surface area contributed by atoms with E-state index in [0.29, 0.717) is 6.04 Å². The van der Waals surface area contributed by atoms with Crippen LogP contribution in [0.5, 0.6) is 0 Å². The van der Waals surface area contributed by atoms with Crippen LogP contribution in [-0.2, 0) is 0 Å². The van der Waals surface area contributed by atoms with Gasteiger partial charge >= 0.3 is 0 Å². The van der Waals surface area contributed by atoms with E-state index in [-0.39, 0.29) is 10.8 Å². The Morgan fingerprint density at radius 2 is 2.23 bits per heavy atom. The molecule has 0 saturated carbocycles. The highest BCUT2D eigenvalue weighted by Crippen LogP contribution is 2.20. The topological polar surface area (TPSA) is 12.0 Å². The molecule has 0 saturated heterocycles. The standard InChI is InChI=1S/C10H13ClFN/c1-3-7(2)13-8-4-5-10(12)9(11)6-8/h4-7,13H,3H2,1-2H3/t7-/m1/s1. The molecule has 1 aromatic carbocycles. The zero-order chi connectivity index (χ0) is 9.84. The fraction of sp³-hybridized carbons (Fsp3) is 0.400. The van der Waals surface area contributed by atoms with Gasteiger partial charge in [-0.1, -0.05) is 18.5 Å². The van der Waals surface area contributed by atoms with Gasteiger partial charge in [-0.15, -0.1) is 0 Å². The average molecular weight is 202 g/mol. The van der Waals surface area contributed by atoms with Crippen LogP contribution in [0.25, 0.3) is 0 Å². The van der Waals surface area contributed by atoms with E-state index in [9.17, 15) is 4.39 Å². The Balaban J connectivity index is 2.73. The molecule has 1 N–H and O–H groups in total. The molecule has 0 radical (unpaired) electrons. The summed E-state index contributed by atoms with van der Waals surface area (Å²) >= 11 is 5.63. The van der Waals surface area contributed by atoms with Gasteiger partial charge in [-0.2, -0.15) is 0 Å². The summed E-state index contributed by atoms with van der Waals surface area (Å²) in [5.41, 5.74) is 0.862. The lowest BCUT2D eigenvalue weighted by Crippen LogP contribution is -2.13. The van der Waals surface area contributed by atoms with Crippen molar-refractivity contribution in [1.82, 2.24) is 0 Å². The molecule has 0 aromatic heterocycles. The van der Waals surface area contributed by atoms with E-state index >= 15 is 0 Å². The van der Waals surface area contributed by atoms with Crippen LogP contribution in [0, 0.1) is 5.82 Å². The van der Waals surface area contributed by atoms with Gasteiger partial charge in [-0.3, -0.25) is 0 Å². The minimum absolute atomic E-state index is 0.160. The largest absolute Gasteiger partial charge is 0.383 e. The quantitative estimate of drug-likeness (QED) is 0.787. The van der Waals surface area contributed by atoms with Crippen LogP contribution in [-0.4, -0.2) is 6.04 Å². The van der Waals surface area contributed by atoms with Crippen LogP contribution in [0.1, 0.15) is 20.3 Å². The van der Waals surface area contributed by atoms with E-state index in [0.717, 1.165) is 12.1 Å². The predicted octanol–water partition coefficient (Wildman–Crippen LogP) is 3.69. The molecule has 1 atom stereocenters. The summed E-state index contributed by atoms with van der Waals surface area (Å²) in [6.07, 6.45) is 1.02. The lowest BCUT2D eigenvalue weighted by molar-refractivity contribution is 0.628. The first-order valence-electron chi connectivity index (χ1n) is 4.35. The van der Waals surface area contributed by atoms with Crippen molar-refractivity contribution in [2.75, 3.05) is 5.32 Å². The molecule has 0 aliphatic rings. The van der Waals surface area contributed by atoms with Crippen LogP contribution in [0.3, 0.4) is 0 Å². The van der Waals surface area contributed by atoms with Gasteiger partial charge in [-0.25, -0.2) is 4.39 Å². The normalized spacial score (nSPS) is 12.6. The highest BCUT2D eigenvalue weighted by atomic mass is 35.5. The predicted molar refractivity (Wildman–Crippen MR) is 54.8 cm³/mol. The molecular weight excluding hydrogens is 189 g/mol. The van der Waals surface area contributed by atoms with Gasteiger partial charge in [0.1, 0.15) is 5.82 Å². The zero-order valence-corrected chi connectivity index (χ0v) is 8.53. The third-order valence-corrected chi connectivity index (χ3v) is 2.23. The fourth-order valence-corrected chi connectivity index (χ4v) is 1.15. The maximum atomic E-state index is 12.8. The monoisotopic (exact) mass is 201 g/mol. The Morgan fingerprint density at radius 1 is 1.54 bits per heavy atom. The van der Waals surface area contributed by atoms with E-state index in [1.165, 1.54) is 6.07 Å². The molecule has 0 aliphatic heterocycles. The third kappa shape index (κ3) is 2.88. The Bertz CT molecular complexity index is 288. The minimum Gasteiger partial charge on any atom is -0.383 e. The Morgan fingerprint density at radius 3 is 2.77 bits per heavy atom. The third-order valence-electron chi connectivity index (χ3n) is 1.95. The SMILES string of the molecule is CC[C@@H](C)Nc1ccc(F)c(Cl)c1. The van der Waals surface area contributed by atoms with Crippen LogP contribution in [0.2, 0.25) is 5.02 Å². The van der Waals surface area contributed by atoms with Gasteiger partial charge in [0.25, 0.3) is 0 Å². The van der Waals surface area contributed by atoms with E-state index in [1.54, 1.807) is 12.1 Å². The van der Waals surface area contributed by atoms with Crippen molar-refractivity contribution in [1.29, 1.82) is 0 Å². The number of hydrogen-bond acceptors (Lipinski definition) is 1. The number of nitrogens with one attached hydrogen (secondary N) is 1. The van der Waals surface area contributed by atoms with Crippen molar-refractivity contribution in [3.8, 4) is 0 Å². The molecule has 0 heterocycles. The molecule has 1 aromatic rings. The van der Waals surface area contributed by atoms with Gasteiger partial charge in [0, 0.05) is 11.7 Å². The summed E-state index contributed by atoms with van der Waals surface area (Å²) in [4.78, 5) is 0. The summed E-state index contributed by atoms with van der Waals surface area (Å²) in [7, 11) is 0. The number of halogens is 2. The van der Waals surface area contributed by atoms with Gasteiger partial charge in [0.2, 0.25) is 0 Å². The first-order chi connectivity index (χ1) is 6.13. The molecule has 72 valence electrons. The minimum atomic E-state index is -0.378. The Hall–Kier alpha value is -0.760. The van der Waals surface area contributed by atoms with Crippen molar-refractivity contribution in [2.45, 2.75) is 26.3 Å². The highest BCUT2D eigenvalue weighted by molar-refractivity contribution is 6.31. The molecule has 1 nitrogen and oxygen atoms in total. The second-order valence-electron chi connectivity index (χ2n) is 3.08. The van der Waals surface area contributed by atoms with Gasteiger partial charge < -0.3 is 5.32 Å². The van der Waals surface area contributed by atoms with Gasteiger partial charge in [0.15, 0.2) is 0 Å². The maximum absolute atomic E-state index is 12.8. The Kier molecular flexibility index (Phi) is 3.55. The number of rotatable bonds is 3. The molecule has 0 aliphatic carbocycles. The molecule has 0 bridgehead atoms. The van der Waals surface area contributed by atoms with Crippen LogP contribution in [0.15, 0.2) is 18.2 Å². The lowest BCUT2D eigenvalue weighted by Gasteiger charge is -2.12. The average Bonchev–Trinajstić information content (AvgIpc) is 2.11. The molecule has 1 rings (SSSR count). The fourth-order valence-electron chi connectivity index (χ4n) is 0.972. The van der Waals surface area contributed by atoms with Gasteiger partial charge in [-0.05, 0) is 31.5 Å². The van der Waals surface area contributed by atoms with E-state index < -0.39 is 0 Å². The van der Waals surface area contributed by atoms with Crippen LogP contribution < -0.4 is 5.32 Å². The summed E-state index contributed by atoms with van der Waals surface area (Å²) in [6, 6.07) is 5.03. The van der Waals surface area contributed by atoms with Crippen molar-refractivity contribution in [3.05, 3.63) is 29.0 Å². The van der Waals surface area contributed by atoms with E-state index in [2.05, 4.69) is 19.2 Å². The molecule has 0 fully saturated rings. The lowest BCUT2D eigenvalue weighted by atomic mass is 10.2. The molecular formula is C10H13ClFN. The van der Waals surface area contributed by atoms with Crippen molar-refractivity contribution < 1.29 is 4.39 Å². The van der Waals surface area contributed by atoms with Crippen LogP contribution in [0.4, 0.5) is 10.1 Å². The first-order valence-corrected chi connectivity index (χ1v) is 4.73. The zero-order valence-electron chi connectivity index (χ0n) is 7.77. The molecule has 3 heteroatoms. The smallest absolute Gasteiger partial charge is 0.141 e. The maximum Gasteiger partial charge on any atom is 0.141 e. The summed E-state index contributed by atoms with van der Waals surface area (Å²) in [5, 5.41) is 3.37. The molecule has 0 unspecified atom stereocenters. The van der Waals surface area contributed by atoms with E-state index in [4.69, 9.17) is 11.6 Å².